The predicted octanol–water partition coefficient (Wildman–Crippen LogP) is 3.54. The van der Waals surface area contributed by atoms with Crippen molar-refractivity contribution in [2.24, 2.45) is 0 Å². The maximum absolute atomic E-state index is 12.5. The maximum atomic E-state index is 12.5. The first-order chi connectivity index (χ1) is 9.84. The molecule has 0 unspecified atom stereocenters. The third-order valence-electron chi connectivity index (χ3n) is 3.63. The predicted molar refractivity (Wildman–Crippen MR) is 82.3 cm³/mol. The van der Waals surface area contributed by atoms with Crippen LogP contribution in [0.2, 0.25) is 0 Å². The van der Waals surface area contributed by atoms with Gasteiger partial charge in [0.2, 0.25) is 0 Å². The molecule has 0 spiro atoms. The Balaban J connectivity index is 1.84. The summed E-state index contributed by atoms with van der Waals surface area (Å²) in [6.45, 7) is 2.07. The van der Waals surface area contributed by atoms with E-state index < -0.39 is 0 Å². The van der Waals surface area contributed by atoms with E-state index in [-0.39, 0.29) is 5.91 Å². The molecule has 1 amide bonds. The van der Waals surface area contributed by atoms with E-state index in [1.54, 1.807) is 0 Å². The van der Waals surface area contributed by atoms with Crippen molar-refractivity contribution < 1.29 is 4.79 Å². The molecule has 2 aromatic carbocycles. The first-order valence-electron chi connectivity index (χ1n) is 7.05. The molecule has 0 atom stereocenters. The minimum Gasteiger partial charge on any atom is -0.371 e. The lowest BCUT2D eigenvalue weighted by molar-refractivity contribution is 0.102. The summed E-state index contributed by atoms with van der Waals surface area (Å²) < 4.78 is 0. The SMILES string of the molecule is O=C(Nc1ccccc1)c1ccccc1N1CCCC1. The van der Waals surface area contributed by atoms with E-state index in [1.165, 1.54) is 12.8 Å². The van der Waals surface area contributed by atoms with Crippen molar-refractivity contribution in [2.45, 2.75) is 12.8 Å². The van der Waals surface area contributed by atoms with E-state index in [9.17, 15) is 4.79 Å². The zero-order chi connectivity index (χ0) is 13.8. The molecule has 102 valence electrons. The molecule has 1 aliphatic heterocycles. The monoisotopic (exact) mass is 266 g/mol. The fourth-order valence-corrected chi connectivity index (χ4v) is 2.62. The lowest BCUT2D eigenvalue weighted by Crippen LogP contribution is -2.22. The molecule has 3 nitrogen and oxygen atoms in total. The van der Waals surface area contributed by atoms with Gasteiger partial charge in [0, 0.05) is 24.5 Å². The van der Waals surface area contributed by atoms with Crippen molar-refractivity contribution in [3.05, 3.63) is 60.2 Å². The fourth-order valence-electron chi connectivity index (χ4n) is 2.62. The highest BCUT2D eigenvalue weighted by molar-refractivity contribution is 6.08. The first-order valence-corrected chi connectivity index (χ1v) is 7.05. The van der Waals surface area contributed by atoms with Gasteiger partial charge in [0.1, 0.15) is 0 Å². The van der Waals surface area contributed by atoms with Gasteiger partial charge in [-0.25, -0.2) is 0 Å². The summed E-state index contributed by atoms with van der Waals surface area (Å²) >= 11 is 0. The largest absolute Gasteiger partial charge is 0.371 e. The zero-order valence-corrected chi connectivity index (χ0v) is 11.4. The number of amides is 1. The number of carbonyl (C=O) groups excluding carboxylic acids is 1. The Kier molecular flexibility index (Phi) is 3.68. The zero-order valence-electron chi connectivity index (χ0n) is 11.4. The number of rotatable bonds is 3. The number of para-hydroxylation sites is 2. The normalized spacial score (nSPS) is 14.3. The Morgan fingerprint density at radius 2 is 1.55 bits per heavy atom. The van der Waals surface area contributed by atoms with Crippen molar-refractivity contribution >= 4 is 17.3 Å². The summed E-state index contributed by atoms with van der Waals surface area (Å²) in [5.74, 6) is -0.0429. The highest BCUT2D eigenvalue weighted by Gasteiger charge is 2.18. The van der Waals surface area contributed by atoms with Gasteiger partial charge in [-0.15, -0.1) is 0 Å². The van der Waals surface area contributed by atoms with Crippen molar-refractivity contribution in [1.29, 1.82) is 0 Å². The number of hydrogen-bond donors (Lipinski definition) is 1. The number of benzene rings is 2. The van der Waals surface area contributed by atoms with Gasteiger partial charge in [0.25, 0.3) is 5.91 Å². The second kappa shape index (κ2) is 5.78. The van der Waals surface area contributed by atoms with Crippen molar-refractivity contribution in [3.63, 3.8) is 0 Å². The molecular formula is C17H18N2O. The van der Waals surface area contributed by atoms with Crippen LogP contribution in [0.25, 0.3) is 0 Å². The van der Waals surface area contributed by atoms with Crippen LogP contribution in [0.5, 0.6) is 0 Å². The van der Waals surface area contributed by atoms with Gasteiger partial charge in [0.05, 0.1) is 5.56 Å². The quantitative estimate of drug-likeness (QED) is 0.921. The Labute approximate surface area is 119 Å². The molecule has 0 radical (unpaired) electrons. The molecule has 0 saturated carbocycles. The number of nitrogens with zero attached hydrogens (tertiary/aromatic N) is 1. The van der Waals surface area contributed by atoms with Crippen molar-refractivity contribution in [2.75, 3.05) is 23.3 Å². The summed E-state index contributed by atoms with van der Waals surface area (Å²) in [5.41, 5.74) is 2.62. The third kappa shape index (κ3) is 2.67. The smallest absolute Gasteiger partial charge is 0.257 e. The molecule has 0 aromatic heterocycles. The summed E-state index contributed by atoms with van der Waals surface area (Å²) in [4.78, 5) is 14.7. The summed E-state index contributed by atoms with van der Waals surface area (Å²) in [5, 5.41) is 2.96. The number of nitrogens with one attached hydrogen (secondary N) is 1. The molecule has 0 bridgehead atoms. The molecule has 1 fully saturated rings. The van der Waals surface area contributed by atoms with E-state index in [2.05, 4.69) is 10.2 Å². The lowest BCUT2D eigenvalue weighted by atomic mass is 10.1. The van der Waals surface area contributed by atoms with Crippen LogP contribution in [-0.4, -0.2) is 19.0 Å². The second-order valence-electron chi connectivity index (χ2n) is 5.03. The molecule has 3 rings (SSSR count). The molecule has 1 N–H and O–H groups in total. The Bertz CT molecular complexity index is 589. The Morgan fingerprint density at radius 3 is 2.30 bits per heavy atom. The van der Waals surface area contributed by atoms with Crippen LogP contribution >= 0.6 is 0 Å². The minimum atomic E-state index is -0.0429. The van der Waals surface area contributed by atoms with E-state index in [0.29, 0.717) is 0 Å². The van der Waals surface area contributed by atoms with E-state index in [4.69, 9.17) is 0 Å². The van der Waals surface area contributed by atoms with Crippen LogP contribution in [0.3, 0.4) is 0 Å². The average molecular weight is 266 g/mol. The van der Waals surface area contributed by atoms with Crippen LogP contribution in [0.15, 0.2) is 54.6 Å². The molecule has 0 aliphatic carbocycles. The maximum Gasteiger partial charge on any atom is 0.257 e. The average Bonchev–Trinajstić information content (AvgIpc) is 3.02. The molecule has 3 heteroatoms. The third-order valence-corrected chi connectivity index (χ3v) is 3.63. The van der Waals surface area contributed by atoms with Gasteiger partial charge >= 0.3 is 0 Å². The van der Waals surface area contributed by atoms with Crippen molar-refractivity contribution in [1.82, 2.24) is 0 Å². The van der Waals surface area contributed by atoms with Crippen LogP contribution in [-0.2, 0) is 0 Å². The molecule has 1 aliphatic rings. The topological polar surface area (TPSA) is 32.3 Å². The Hall–Kier alpha value is -2.29. The van der Waals surface area contributed by atoms with Crippen LogP contribution in [0.4, 0.5) is 11.4 Å². The van der Waals surface area contributed by atoms with E-state index in [1.807, 2.05) is 54.6 Å². The minimum absolute atomic E-state index is 0.0429. The van der Waals surface area contributed by atoms with Crippen LogP contribution in [0.1, 0.15) is 23.2 Å². The summed E-state index contributed by atoms with van der Waals surface area (Å²) in [6.07, 6.45) is 2.41. The van der Waals surface area contributed by atoms with E-state index >= 15 is 0 Å². The molecule has 20 heavy (non-hydrogen) atoms. The molecule has 1 saturated heterocycles. The number of hydrogen-bond acceptors (Lipinski definition) is 2. The highest BCUT2D eigenvalue weighted by atomic mass is 16.1. The lowest BCUT2D eigenvalue weighted by Gasteiger charge is -2.20. The second-order valence-corrected chi connectivity index (χ2v) is 5.03. The molecule has 1 heterocycles. The highest BCUT2D eigenvalue weighted by Crippen LogP contribution is 2.25. The molecule has 2 aromatic rings. The van der Waals surface area contributed by atoms with Gasteiger partial charge in [-0.2, -0.15) is 0 Å². The van der Waals surface area contributed by atoms with Gasteiger partial charge < -0.3 is 10.2 Å². The van der Waals surface area contributed by atoms with Gasteiger partial charge in [-0.3, -0.25) is 4.79 Å². The number of anilines is 2. The Morgan fingerprint density at radius 1 is 0.900 bits per heavy atom. The summed E-state index contributed by atoms with van der Waals surface area (Å²) in [6, 6.07) is 17.4. The van der Waals surface area contributed by atoms with Gasteiger partial charge in [-0.1, -0.05) is 30.3 Å². The summed E-state index contributed by atoms with van der Waals surface area (Å²) in [7, 11) is 0. The molecular weight excluding hydrogens is 248 g/mol. The van der Waals surface area contributed by atoms with Gasteiger partial charge in [0.15, 0.2) is 0 Å². The van der Waals surface area contributed by atoms with E-state index in [0.717, 1.165) is 30.0 Å². The van der Waals surface area contributed by atoms with Crippen LogP contribution < -0.4 is 10.2 Å². The van der Waals surface area contributed by atoms with Gasteiger partial charge in [-0.05, 0) is 37.1 Å². The standard InChI is InChI=1S/C17H18N2O/c20-17(18-14-8-2-1-3-9-14)15-10-4-5-11-16(15)19-12-6-7-13-19/h1-5,8-11H,6-7,12-13H2,(H,18,20). The first kappa shape index (κ1) is 12.7. The fraction of sp³-hybridized carbons (Fsp3) is 0.235. The van der Waals surface area contributed by atoms with Crippen LogP contribution in [0, 0.1) is 0 Å². The van der Waals surface area contributed by atoms with Crippen molar-refractivity contribution in [3.8, 4) is 0 Å². The number of carbonyl (C=O) groups is 1.